The van der Waals surface area contributed by atoms with E-state index < -0.39 is 12.0 Å². The van der Waals surface area contributed by atoms with Crippen LogP contribution >= 0.6 is 0 Å². The van der Waals surface area contributed by atoms with Gasteiger partial charge in [0, 0.05) is 5.92 Å². The summed E-state index contributed by atoms with van der Waals surface area (Å²) in [6.07, 6.45) is 1.60. The molecular weight excluding hydrogens is 218 g/mol. The Morgan fingerprint density at radius 3 is 2.35 bits per heavy atom. The third-order valence-corrected chi connectivity index (χ3v) is 3.58. The van der Waals surface area contributed by atoms with E-state index in [1.807, 2.05) is 6.92 Å². The van der Waals surface area contributed by atoms with E-state index in [9.17, 15) is 9.70 Å². The fourth-order valence-corrected chi connectivity index (χ4v) is 2.26. The summed E-state index contributed by atoms with van der Waals surface area (Å²) in [5.74, 6) is -0.678. The lowest BCUT2D eigenvalue weighted by molar-refractivity contribution is -0.166. The molecule has 1 aliphatic heterocycles. The Morgan fingerprint density at radius 1 is 1.29 bits per heavy atom. The van der Waals surface area contributed by atoms with Gasteiger partial charge in [0.2, 0.25) is 0 Å². The van der Waals surface area contributed by atoms with E-state index >= 15 is 0 Å². The Kier molecular flexibility index (Phi) is 4.28. The van der Waals surface area contributed by atoms with Gasteiger partial charge < -0.3 is 4.74 Å². The average Bonchev–Trinajstić information content (AvgIpc) is 2.21. The fraction of sp³-hybridized carbons (Fsp3) is 0.923. The summed E-state index contributed by atoms with van der Waals surface area (Å²) in [7, 11) is 0. The molecule has 0 aromatic rings. The Balaban J connectivity index is 2.67. The first-order valence-electron chi connectivity index (χ1n) is 6.29. The van der Waals surface area contributed by atoms with Crippen molar-refractivity contribution in [3.05, 3.63) is 4.91 Å². The normalized spacial score (nSPS) is 34.3. The zero-order chi connectivity index (χ0) is 13.2. The first-order valence-corrected chi connectivity index (χ1v) is 6.29. The first-order chi connectivity index (χ1) is 7.76. The van der Waals surface area contributed by atoms with Gasteiger partial charge >= 0.3 is 5.97 Å². The van der Waals surface area contributed by atoms with Crippen LogP contribution in [-0.4, -0.2) is 18.1 Å². The molecule has 0 aliphatic carbocycles. The summed E-state index contributed by atoms with van der Waals surface area (Å²) in [6.45, 7) is 10.1. The molecule has 4 heteroatoms. The van der Waals surface area contributed by atoms with Crippen molar-refractivity contribution >= 4 is 5.97 Å². The minimum atomic E-state index is -0.443. The quantitative estimate of drug-likeness (QED) is 0.563. The molecule has 1 heterocycles. The molecule has 2 unspecified atom stereocenters. The lowest BCUT2D eigenvalue weighted by Crippen LogP contribution is -2.45. The summed E-state index contributed by atoms with van der Waals surface area (Å²) < 4.78 is 5.40. The van der Waals surface area contributed by atoms with Crippen LogP contribution in [0.4, 0.5) is 0 Å². The van der Waals surface area contributed by atoms with Crippen molar-refractivity contribution in [1.29, 1.82) is 0 Å². The highest BCUT2D eigenvalue weighted by molar-refractivity contribution is 5.74. The third kappa shape index (κ3) is 3.51. The van der Waals surface area contributed by atoms with Crippen molar-refractivity contribution in [2.24, 2.45) is 22.4 Å². The van der Waals surface area contributed by atoms with Gasteiger partial charge in [-0.1, -0.05) is 32.9 Å². The van der Waals surface area contributed by atoms with Crippen molar-refractivity contribution in [3.8, 4) is 0 Å². The van der Waals surface area contributed by atoms with Gasteiger partial charge in [-0.2, -0.15) is 4.91 Å². The molecule has 1 fully saturated rings. The van der Waals surface area contributed by atoms with Crippen LogP contribution in [0.3, 0.4) is 0 Å². The van der Waals surface area contributed by atoms with Gasteiger partial charge in [-0.05, 0) is 25.2 Å². The van der Waals surface area contributed by atoms with Crippen molar-refractivity contribution in [2.45, 2.75) is 59.6 Å². The SMILES string of the molecule is CC1C(N=O)[C@@H](C)C(=O)O[C@H]1CCC(C)(C)C. The van der Waals surface area contributed by atoms with Crippen LogP contribution in [0.2, 0.25) is 0 Å². The maximum Gasteiger partial charge on any atom is 0.311 e. The van der Waals surface area contributed by atoms with Crippen LogP contribution in [0.25, 0.3) is 0 Å². The minimum absolute atomic E-state index is 0.0162. The molecule has 0 bridgehead atoms. The number of cyclic esters (lactones) is 1. The maximum atomic E-state index is 11.6. The molecule has 98 valence electrons. The molecule has 0 radical (unpaired) electrons. The minimum Gasteiger partial charge on any atom is -0.462 e. The topological polar surface area (TPSA) is 55.7 Å². The van der Waals surface area contributed by atoms with E-state index in [-0.39, 0.29) is 23.4 Å². The van der Waals surface area contributed by atoms with Gasteiger partial charge in [0.05, 0.1) is 5.92 Å². The van der Waals surface area contributed by atoms with E-state index in [0.29, 0.717) is 0 Å². The zero-order valence-corrected chi connectivity index (χ0v) is 11.4. The summed E-state index contributed by atoms with van der Waals surface area (Å²) in [5, 5.41) is 3.10. The summed E-state index contributed by atoms with van der Waals surface area (Å²) in [6, 6.07) is -0.443. The molecule has 4 nitrogen and oxygen atoms in total. The second-order valence-corrected chi connectivity index (χ2v) is 6.32. The molecule has 0 aromatic carbocycles. The number of nitroso groups, excluding NO2 is 1. The van der Waals surface area contributed by atoms with E-state index in [2.05, 4.69) is 25.9 Å². The first kappa shape index (κ1) is 14.1. The molecule has 0 saturated carbocycles. The lowest BCUT2D eigenvalue weighted by atomic mass is 9.80. The zero-order valence-electron chi connectivity index (χ0n) is 11.4. The lowest BCUT2D eigenvalue weighted by Gasteiger charge is -2.36. The van der Waals surface area contributed by atoms with Crippen LogP contribution in [0, 0.1) is 22.2 Å². The Bertz CT molecular complexity index is 296. The Hall–Kier alpha value is -0.930. The van der Waals surface area contributed by atoms with Gasteiger partial charge in [0.1, 0.15) is 12.1 Å². The van der Waals surface area contributed by atoms with E-state index in [1.165, 1.54) is 0 Å². The van der Waals surface area contributed by atoms with Gasteiger partial charge in [-0.3, -0.25) is 4.79 Å². The highest BCUT2D eigenvalue weighted by Crippen LogP contribution is 2.33. The van der Waals surface area contributed by atoms with Crippen molar-refractivity contribution in [3.63, 3.8) is 0 Å². The molecule has 1 rings (SSSR count). The smallest absolute Gasteiger partial charge is 0.311 e. The number of hydrogen-bond donors (Lipinski definition) is 0. The summed E-state index contributed by atoms with van der Waals surface area (Å²) in [4.78, 5) is 22.4. The molecule has 0 spiro atoms. The fourth-order valence-electron chi connectivity index (χ4n) is 2.26. The number of esters is 1. The van der Waals surface area contributed by atoms with Crippen LogP contribution in [-0.2, 0) is 9.53 Å². The molecular formula is C13H23NO3. The van der Waals surface area contributed by atoms with Crippen molar-refractivity contribution in [1.82, 2.24) is 0 Å². The highest BCUT2D eigenvalue weighted by Gasteiger charge is 2.42. The van der Waals surface area contributed by atoms with Gasteiger partial charge in [-0.15, -0.1) is 0 Å². The second-order valence-electron chi connectivity index (χ2n) is 6.32. The van der Waals surface area contributed by atoms with E-state index in [4.69, 9.17) is 4.74 Å². The molecule has 4 atom stereocenters. The standard InChI is InChI=1S/C13H23NO3/c1-8-10(6-7-13(3,4)5)17-12(15)9(2)11(8)14-16/h8-11H,6-7H2,1-5H3/t8?,9-,10+,11?/m1/s1. The van der Waals surface area contributed by atoms with Crippen LogP contribution in [0.1, 0.15) is 47.5 Å². The second kappa shape index (κ2) is 5.15. The molecule has 0 aromatic heterocycles. The highest BCUT2D eigenvalue weighted by atomic mass is 16.5. The largest absolute Gasteiger partial charge is 0.462 e. The third-order valence-electron chi connectivity index (χ3n) is 3.58. The summed E-state index contributed by atoms with van der Waals surface area (Å²) in [5.41, 5.74) is 0.208. The molecule has 0 N–H and O–H groups in total. The van der Waals surface area contributed by atoms with E-state index in [0.717, 1.165) is 12.8 Å². The number of nitrogens with zero attached hydrogens (tertiary/aromatic N) is 1. The number of carbonyl (C=O) groups is 1. The predicted molar refractivity (Wildman–Crippen MR) is 66.5 cm³/mol. The predicted octanol–water partition coefficient (Wildman–Crippen LogP) is 3.15. The Morgan fingerprint density at radius 2 is 1.88 bits per heavy atom. The van der Waals surface area contributed by atoms with E-state index in [1.54, 1.807) is 6.92 Å². The summed E-state index contributed by atoms with van der Waals surface area (Å²) >= 11 is 0. The Labute approximate surface area is 103 Å². The van der Waals surface area contributed by atoms with Crippen LogP contribution in [0.15, 0.2) is 5.18 Å². The number of rotatable bonds is 3. The monoisotopic (exact) mass is 241 g/mol. The molecule has 1 saturated heterocycles. The van der Waals surface area contributed by atoms with Crippen LogP contribution < -0.4 is 0 Å². The van der Waals surface area contributed by atoms with Crippen LogP contribution in [0.5, 0.6) is 0 Å². The van der Waals surface area contributed by atoms with Gasteiger partial charge in [0.15, 0.2) is 0 Å². The molecule has 17 heavy (non-hydrogen) atoms. The van der Waals surface area contributed by atoms with Gasteiger partial charge in [0.25, 0.3) is 0 Å². The maximum absolute atomic E-state index is 11.6. The van der Waals surface area contributed by atoms with Crippen molar-refractivity contribution in [2.75, 3.05) is 0 Å². The molecule has 0 amide bonds. The number of ether oxygens (including phenoxy) is 1. The average molecular weight is 241 g/mol. The van der Waals surface area contributed by atoms with Crippen molar-refractivity contribution < 1.29 is 9.53 Å². The number of hydrogen-bond acceptors (Lipinski definition) is 4. The molecule has 1 aliphatic rings. The van der Waals surface area contributed by atoms with Gasteiger partial charge in [-0.25, -0.2) is 0 Å². The number of carbonyl (C=O) groups excluding carboxylic acids is 1.